The number of nitrogens with zero attached hydrogens (tertiary/aromatic N) is 1. The maximum absolute atomic E-state index is 12.7. The van der Waals surface area contributed by atoms with Crippen LogP contribution < -0.4 is 16.4 Å². The highest BCUT2D eigenvalue weighted by atomic mass is 19.4. The van der Waals surface area contributed by atoms with Crippen molar-refractivity contribution in [3.63, 3.8) is 0 Å². The van der Waals surface area contributed by atoms with Gasteiger partial charge in [0.2, 0.25) is 0 Å². The minimum Gasteiger partial charge on any atom is -0.365 e. The summed E-state index contributed by atoms with van der Waals surface area (Å²) in [5.74, 6) is -0.923. The van der Waals surface area contributed by atoms with Crippen LogP contribution in [0.25, 0.3) is 0 Å². The second-order valence-electron chi connectivity index (χ2n) is 5.09. The van der Waals surface area contributed by atoms with Gasteiger partial charge in [-0.25, -0.2) is 4.98 Å². The standard InChI is InChI=1S/C13H17F3N4O/c1-7-9(3-2-6-18-7)19-12-8(11(17)21)4-5-10(20-12)13(14,15)16/h4-5,7,9,18H,2-3,6H2,1H3,(H2,17,21)(H,19,20). The molecular weight excluding hydrogens is 285 g/mol. The molecule has 0 aliphatic carbocycles. The number of hydrogen-bond donors (Lipinski definition) is 3. The van der Waals surface area contributed by atoms with Gasteiger partial charge in [-0.05, 0) is 38.4 Å². The summed E-state index contributed by atoms with van der Waals surface area (Å²) in [6.45, 7) is 2.78. The monoisotopic (exact) mass is 302 g/mol. The number of carbonyl (C=O) groups is 1. The molecular formula is C13H17F3N4O. The van der Waals surface area contributed by atoms with Gasteiger partial charge < -0.3 is 16.4 Å². The van der Waals surface area contributed by atoms with Crippen molar-refractivity contribution in [1.29, 1.82) is 0 Å². The molecule has 1 aliphatic heterocycles. The third-order valence-electron chi connectivity index (χ3n) is 3.54. The Hall–Kier alpha value is -1.83. The molecule has 0 aromatic carbocycles. The summed E-state index contributed by atoms with van der Waals surface area (Å²) in [4.78, 5) is 14.9. The lowest BCUT2D eigenvalue weighted by Crippen LogP contribution is -2.47. The molecule has 2 rings (SSSR count). The number of pyridine rings is 1. The molecule has 5 nitrogen and oxygen atoms in total. The first-order valence-corrected chi connectivity index (χ1v) is 6.67. The summed E-state index contributed by atoms with van der Waals surface area (Å²) in [5, 5.41) is 6.14. The SMILES string of the molecule is CC1NCCCC1Nc1nc(C(F)(F)F)ccc1C(N)=O. The first-order valence-electron chi connectivity index (χ1n) is 6.67. The molecule has 0 bridgehead atoms. The molecule has 2 atom stereocenters. The van der Waals surface area contributed by atoms with E-state index in [4.69, 9.17) is 5.73 Å². The van der Waals surface area contributed by atoms with Crippen LogP contribution in [0.5, 0.6) is 0 Å². The van der Waals surface area contributed by atoms with Crippen LogP contribution in [-0.4, -0.2) is 29.5 Å². The van der Waals surface area contributed by atoms with Crippen molar-refractivity contribution < 1.29 is 18.0 Å². The average molecular weight is 302 g/mol. The fourth-order valence-electron chi connectivity index (χ4n) is 2.34. The van der Waals surface area contributed by atoms with E-state index in [1.54, 1.807) is 0 Å². The van der Waals surface area contributed by atoms with Crippen LogP contribution in [0.4, 0.5) is 19.0 Å². The van der Waals surface area contributed by atoms with Crippen LogP contribution in [0, 0.1) is 0 Å². The van der Waals surface area contributed by atoms with E-state index >= 15 is 0 Å². The first kappa shape index (κ1) is 15.6. The van der Waals surface area contributed by atoms with Gasteiger partial charge in [-0.2, -0.15) is 13.2 Å². The van der Waals surface area contributed by atoms with Crippen molar-refractivity contribution in [2.75, 3.05) is 11.9 Å². The normalized spacial score (nSPS) is 22.9. The molecule has 1 amide bonds. The Morgan fingerprint density at radius 3 is 2.76 bits per heavy atom. The zero-order valence-corrected chi connectivity index (χ0v) is 11.5. The van der Waals surface area contributed by atoms with Crippen LogP contribution in [0.2, 0.25) is 0 Å². The zero-order chi connectivity index (χ0) is 15.6. The van der Waals surface area contributed by atoms with Gasteiger partial charge in [0.1, 0.15) is 11.5 Å². The maximum Gasteiger partial charge on any atom is 0.433 e. The molecule has 1 fully saturated rings. The third-order valence-corrected chi connectivity index (χ3v) is 3.54. The van der Waals surface area contributed by atoms with E-state index in [1.807, 2.05) is 6.92 Å². The summed E-state index contributed by atoms with van der Waals surface area (Å²) >= 11 is 0. The zero-order valence-electron chi connectivity index (χ0n) is 11.5. The van der Waals surface area contributed by atoms with Crippen LogP contribution >= 0.6 is 0 Å². The summed E-state index contributed by atoms with van der Waals surface area (Å²) in [7, 11) is 0. The molecule has 4 N–H and O–H groups in total. The van der Waals surface area contributed by atoms with E-state index in [1.165, 1.54) is 0 Å². The van der Waals surface area contributed by atoms with Crippen molar-refractivity contribution >= 4 is 11.7 Å². The molecule has 1 aromatic heterocycles. The van der Waals surface area contributed by atoms with Gasteiger partial charge in [-0.1, -0.05) is 0 Å². The van der Waals surface area contributed by atoms with Crippen molar-refractivity contribution in [2.24, 2.45) is 5.73 Å². The minimum absolute atomic E-state index is 0.0410. The number of rotatable bonds is 3. The van der Waals surface area contributed by atoms with Gasteiger partial charge in [-0.3, -0.25) is 4.79 Å². The highest BCUT2D eigenvalue weighted by molar-refractivity contribution is 5.97. The largest absolute Gasteiger partial charge is 0.433 e. The third kappa shape index (κ3) is 3.63. The highest BCUT2D eigenvalue weighted by Gasteiger charge is 2.34. The summed E-state index contributed by atoms with van der Waals surface area (Å²) in [5.41, 5.74) is 4.11. The van der Waals surface area contributed by atoms with Gasteiger partial charge in [0.25, 0.3) is 5.91 Å². The first-order chi connectivity index (χ1) is 9.79. The predicted octanol–water partition coefficient (Wildman–Crippen LogP) is 1.75. The molecule has 116 valence electrons. The average Bonchev–Trinajstić information content (AvgIpc) is 2.40. The molecule has 1 aromatic rings. The maximum atomic E-state index is 12.7. The number of nitrogens with one attached hydrogen (secondary N) is 2. The van der Waals surface area contributed by atoms with Crippen molar-refractivity contribution in [3.05, 3.63) is 23.4 Å². The second kappa shape index (κ2) is 5.88. The summed E-state index contributed by atoms with van der Waals surface area (Å²) in [6.07, 6.45) is -2.89. The molecule has 2 unspecified atom stereocenters. The number of halogens is 3. The summed E-state index contributed by atoms with van der Waals surface area (Å²) in [6, 6.07) is 1.78. The molecule has 8 heteroatoms. The number of carbonyl (C=O) groups excluding carboxylic acids is 1. The number of primary amides is 1. The molecule has 0 saturated carbocycles. The number of hydrogen-bond acceptors (Lipinski definition) is 4. The number of nitrogens with two attached hydrogens (primary N) is 1. The van der Waals surface area contributed by atoms with Crippen molar-refractivity contribution in [3.8, 4) is 0 Å². The number of aromatic nitrogens is 1. The number of piperidine rings is 1. The predicted molar refractivity (Wildman–Crippen MR) is 71.9 cm³/mol. The Balaban J connectivity index is 2.32. The molecule has 1 aliphatic rings. The van der Waals surface area contributed by atoms with Gasteiger partial charge >= 0.3 is 6.18 Å². The number of alkyl halides is 3. The minimum atomic E-state index is -4.57. The molecule has 2 heterocycles. The number of anilines is 1. The van der Waals surface area contributed by atoms with Crippen LogP contribution in [-0.2, 0) is 6.18 Å². The molecule has 0 spiro atoms. The number of amides is 1. The van der Waals surface area contributed by atoms with E-state index in [-0.39, 0.29) is 23.5 Å². The lowest BCUT2D eigenvalue weighted by molar-refractivity contribution is -0.141. The second-order valence-corrected chi connectivity index (χ2v) is 5.09. The fourth-order valence-corrected chi connectivity index (χ4v) is 2.34. The van der Waals surface area contributed by atoms with Gasteiger partial charge in [-0.15, -0.1) is 0 Å². The topological polar surface area (TPSA) is 80.0 Å². The van der Waals surface area contributed by atoms with E-state index in [0.29, 0.717) is 0 Å². The summed E-state index contributed by atoms with van der Waals surface area (Å²) < 4.78 is 38.2. The van der Waals surface area contributed by atoms with Gasteiger partial charge in [0.15, 0.2) is 0 Å². The molecule has 21 heavy (non-hydrogen) atoms. The van der Waals surface area contributed by atoms with Crippen molar-refractivity contribution in [1.82, 2.24) is 10.3 Å². The Morgan fingerprint density at radius 1 is 1.48 bits per heavy atom. The lowest BCUT2D eigenvalue weighted by atomic mass is 9.99. The fraction of sp³-hybridized carbons (Fsp3) is 0.538. The van der Waals surface area contributed by atoms with Gasteiger partial charge in [0.05, 0.1) is 5.56 Å². The Kier molecular flexibility index (Phi) is 4.36. The molecule has 0 radical (unpaired) electrons. The van der Waals surface area contributed by atoms with Crippen LogP contribution in [0.3, 0.4) is 0 Å². The Labute approximate surface area is 120 Å². The lowest BCUT2D eigenvalue weighted by Gasteiger charge is -2.31. The van der Waals surface area contributed by atoms with Gasteiger partial charge in [0, 0.05) is 12.1 Å². The van der Waals surface area contributed by atoms with Crippen molar-refractivity contribution in [2.45, 2.75) is 38.0 Å². The van der Waals surface area contributed by atoms with E-state index in [9.17, 15) is 18.0 Å². The smallest absolute Gasteiger partial charge is 0.365 e. The molecule has 1 saturated heterocycles. The Morgan fingerprint density at radius 2 is 2.19 bits per heavy atom. The van der Waals surface area contributed by atoms with E-state index < -0.39 is 17.8 Å². The highest BCUT2D eigenvalue weighted by Crippen LogP contribution is 2.30. The van der Waals surface area contributed by atoms with Crippen LogP contribution in [0.1, 0.15) is 35.8 Å². The quantitative estimate of drug-likeness (QED) is 0.794. The van der Waals surface area contributed by atoms with E-state index in [2.05, 4.69) is 15.6 Å². The Bertz CT molecular complexity index is 533. The van der Waals surface area contributed by atoms with Crippen LogP contribution in [0.15, 0.2) is 12.1 Å². The van der Waals surface area contributed by atoms with E-state index in [0.717, 1.165) is 31.5 Å².